The van der Waals surface area contributed by atoms with E-state index in [9.17, 15) is 0 Å². The van der Waals surface area contributed by atoms with E-state index in [1.54, 1.807) is 0 Å². The summed E-state index contributed by atoms with van der Waals surface area (Å²) in [5, 5.41) is 8.51. The van der Waals surface area contributed by atoms with Crippen LogP contribution in [0, 0.1) is 5.92 Å². The summed E-state index contributed by atoms with van der Waals surface area (Å²) in [5.74, 6) is 2.72. The highest BCUT2D eigenvalue weighted by molar-refractivity contribution is 5.51. The Kier molecular flexibility index (Phi) is 4.29. The lowest BCUT2D eigenvalue weighted by molar-refractivity contribution is 0.115. The van der Waals surface area contributed by atoms with E-state index in [0.717, 1.165) is 31.1 Å². The summed E-state index contributed by atoms with van der Waals surface area (Å²) in [6, 6.07) is 12.2. The summed E-state index contributed by atoms with van der Waals surface area (Å²) in [5.41, 5.74) is 0.959. The third-order valence-corrected chi connectivity index (χ3v) is 5.49. The van der Waals surface area contributed by atoms with E-state index in [2.05, 4.69) is 30.0 Å². The normalized spacial score (nSPS) is 22.7. The molecule has 0 saturated carbocycles. The molecule has 3 aromatic rings. The van der Waals surface area contributed by atoms with Gasteiger partial charge in [-0.2, -0.15) is 0 Å². The van der Waals surface area contributed by atoms with E-state index >= 15 is 0 Å². The lowest BCUT2D eigenvalue weighted by Crippen LogP contribution is -2.43. The van der Waals surface area contributed by atoms with Crippen LogP contribution in [0.4, 0.5) is 5.95 Å². The molecule has 27 heavy (non-hydrogen) atoms. The van der Waals surface area contributed by atoms with Crippen molar-refractivity contribution in [2.75, 3.05) is 24.5 Å². The Bertz CT molecular complexity index is 884. The number of nitrogens with zero attached hydrogens (tertiary/aromatic N) is 6. The first kappa shape index (κ1) is 16.4. The number of rotatable bonds is 4. The zero-order chi connectivity index (χ0) is 18.1. The highest BCUT2D eigenvalue weighted by Gasteiger charge is 2.36. The van der Waals surface area contributed by atoms with E-state index < -0.39 is 0 Å². The molecule has 3 aliphatic heterocycles. The van der Waals surface area contributed by atoms with E-state index in [-0.39, 0.29) is 0 Å². The van der Waals surface area contributed by atoms with Crippen LogP contribution in [0.3, 0.4) is 0 Å². The number of aromatic nitrogens is 4. The smallest absolute Gasteiger partial charge is 0.247 e. The maximum Gasteiger partial charge on any atom is 0.247 e. The highest BCUT2D eigenvalue weighted by atomic mass is 16.4. The van der Waals surface area contributed by atoms with Crippen LogP contribution in [0.15, 0.2) is 53.2 Å². The van der Waals surface area contributed by atoms with Crippen molar-refractivity contribution in [2.24, 2.45) is 5.92 Å². The fourth-order valence-electron chi connectivity index (χ4n) is 4.18. The molecule has 2 bridgehead atoms. The molecule has 7 heteroatoms. The van der Waals surface area contributed by atoms with Gasteiger partial charge in [0.2, 0.25) is 17.7 Å². The van der Waals surface area contributed by atoms with Crippen molar-refractivity contribution in [3.05, 3.63) is 54.7 Å². The van der Waals surface area contributed by atoms with Gasteiger partial charge in [0.05, 0.1) is 6.54 Å². The van der Waals surface area contributed by atoms with Crippen LogP contribution in [-0.2, 0) is 6.54 Å². The molecule has 0 aliphatic carbocycles. The summed E-state index contributed by atoms with van der Waals surface area (Å²) in [6.45, 7) is 3.71. The fraction of sp³-hybridized carbons (Fsp3) is 0.400. The molecular formula is C20H22N6O. The monoisotopic (exact) mass is 362 g/mol. The molecule has 0 amide bonds. The Morgan fingerprint density at radius 2 is 1.78 bits per heavy atom. The number of fused-ring (bicyclic) bond motifs is 4. The van der Waals surface area contributed by atoms with Gasteiger partial charge in [0.25, 0.3) is 0 Å². The van der Waals surface area contributed by atoms with Gasteiger partial charge in [0.1, 0.15) is 0 Å². The van der Waals surface area contributed by atoms with Crippen molar-refractivity contribution >= 4 is 5.95 Å². The zero-order valence-corrected chi connectivity index (χ0v) is 15.1. The van der Waals surface area contributed by atoms with Gasteiger partial charge in [-0.1, -0.05) is 18.2 Å². The number of hydrogen-bond donors (Lipinski definition) is 0. The Hall–Kier alpha value is -2.80. The molecular weight excluding hydrogens is 340 g/mol. The molecule has 138 valence electrons. The molecule has 2 aromatic heterocycles. The fourth-order valence-corrected chi connectivity index (χ4v) is 4.18. The summed E-state index contributed by atoms with van der Waals surface area (Å²) in [4.78, 5) is 13.7. The molecule has 2 atom stereocenters. The minimum atomic E-state index is 0.458. The first-order valence-corrected chi connectivity index (χ1v) is 9.49. The largest absolute Gasteiger partial charge is 0.419 e. The van der Waals surface area contributed by atoms with Crippen LogP contribution in [0.25, 0.3) is 11.5 Å². The van der Waals surface area contributed by atoms with Gasteiger partial charge in [-0.05, 0) is 37.0 Å². The maximum atomic E-state index is 5.93. The molecule has 3 fully saturated rings. The Morgan fingerprint density at radius 1 is 0.926 bits per heavy atom. The van der Waals surface area contributed by atoms with Gasteiger partial charge in [-0.25, -0.2) is 9.97 Å². The third-order valence-electron chi connectivity index (χ3n) is 5.49. The van der Waals surface area contributed by atoms with Crippen LogP contribution in [0.2, 0.25) is 0 Å². The summed E-state index contributed by atoms with van der Waals surface area (Å²) in [6.07, 6.45) is 6.07. The van der Waals surface area contributed by atoms with Crippen LogP contribution in [-0.4, -0.2) is 50.7 Å². The van der Waals surface area contributed by atoms with Gasteiger partial charge in [0, 0.05) is 43.6 Å². The number of anilines is 1. The van der Waals surface area contributed by atoms with Crippen LogP contribution >= 0.6 is 0 Å². The third kappa shape index (κ3) is 3.42. The second-order valence-electron chi connectivity index (χ2n) is 7.35. The van der Waals surface area contributed by atoms with Gasteiger partial charge >= 0.3 is 0 Å². The minimum Gasteiger partial charge on any atom is -0.419 e. The lowest BCUT2D eigenvalue weighted by Gasteiger charge is -2.34. The highest BCUT2D eigenvalue weighted by Crippen LogP contribution is 2.30. The first-order valence-electron chi connectivity index (χ1n) is 9.49. The van der Waals surface area contributed by atoms with Crippen molar-refractivity contribution in [3.63, 3.8) is 0 Å². The molecule has 0 N–H and O–H groups in total. The van der Waals surface area contributed by atoms with Crippen molar-refractivity contribution in [1.29, 1.82) is 0 Å². The van der Waals surface area contributed by atoms with Crippen LogP contribution in [0.1, 0.15) is 18.7 Å². The number of piperidine rings is 1. The summed E-state index contributed by atoms with van der Waals surface area (Å²) in [7, 11) is 0. The molecule has 3 aliphatic rings. The first-order chi connectivity index (χ1) is 13.3. The molecule has 5 heterocycles. The van der Waals surface area contributed by atoms with Gasteiger partial charge in [-0.3, -0.25) is 4.90 Å². The van der Waals surface area contributed by atoms with Crippen molar-refractivity contribution in [1.82, 2.24) is 25.1 Å². The molecule has 1 aromatic carbocycles. The molecule has 3 saturated heterocycles. The van der Waals surface area contributed by atoms with Gasteiger partial charge in [0.15, 0.2) is 0 Å². The van der Waals surface area contributed by atoms with E-state index in [0.29, 0.717) is 30.3 Å². The Morgan fingerprint density at radius 3 is 2.63 bits per heavy atom. The quantitative estimate of drug-likeness (QED) is 0.706. The Balaban J connectivity index is 1.31. The maximum absolute atomic E-state index is 5.93. The minimum absolute atomic E-state index is 0.458. The molecule has 7 nitrogen and oxygen atoms in total. The standard InChI is InChI=1S/C20H22N6O/c1-2-5-16(6-3-1)19-24-23-18(27-19)14-25-11-15-7-8-17(25)13-26(12-15)20-21-9-4-10-22-20/h1-6,9-10,15,17H,7-8,11-14H2/t15-,17-/m1/s1. The predicted octanol–water partition coefficient (Wildman–Crippen LogP) is 2.63. The lowest BCUT2D eigenvalue weighted by atomic mass is 9.95. The van der Waals surface area contributed by atoms with E-state index in [1.807, 2.05) is 48.8 Å². The van der Waals surface area contributed by atoms with E-state index in [4.69, 9.17) is 4.42 Å². The SMILES string of the molecule is c1ccc(-c2nnc(CN3C[C@H]4CC[C@@H]3CN(c3ncccn3)C4)o2)cc1. The molecule has 0 spiro atoms. The Labute approximate surface area is 158 Å². The zero-order valence-electron chi connectivity index (χ0n) is 15.1. The van der Waals surface area contributed by atoms with Gasteiger partial charge < -0.3 is 9.32 Å². The topological polar surface area (TPSA) is 71.2 Å². The van der Waals surface area contributed by atoms with Crippen molar-refractivity contribution in [2.45, 2.75) is 25.4 Å². The van der Waals surface area contributed by atoms with Crippen LogP contribution < -0.4 is 4.90 Å². The molecule has 0 unspecified atom stereocenters. The second-order valence-corrected chi connectivity index (χ2v) is 7.35. The average Bonchev–Trinajstić information content (AvgIpc) is 3.00. The number of benzene rings is 1. The second kappa shape index (κ2) is 7.08. The van der Waals surface area contributed by atoms with Crippen molar-refractivity contribution < 1.29 is 4.42 Å². The summed E-state index contributed by atoms with van der Waals surface area (Å²) >= 11 is 0. The average molecular weight is 362 g/mol. The van der Waals surface area contributed by atoms with Gasteiger partial charge in [-0.15, -0.1) is 10.2 Å². The summed E-state index contributed by atoms with van der Waals surface area (Å²) < 4.78 is 5.93. The van der Waals surface area contributed by atoms with Crippen LogP contribution in [0.5, 0.6) is 0 Å². The predicted molar refractivity (Wildman–Crippen MR) is 101 cm³/mol. The molecule has 6 rings (SSSR count). The number of hydrogen-bond acceptors (Lipinski definition) is 7. The molecule has 0 radical (unpaired) electrons. The van der Waals surface area contributed by atoms with E-state index in [1.165, 1.54) is 12.8 Å². The van der Waals surface area contributed by atoms with Crippen molar-refractivity contribution in [3.8, 4) is 11.5 Å².